The van der Waals surface area contributed by atoms with E-state index in [0.29, 0.717) is 23.8 Å². The van der Waals surface area contributed by atoms with Crippen LogP contribution in [0.1, 0.15) is 40.8 Å². The third-order valence-electron chi connectivity index (χ3n) is 4.59. The average molecular weight is 353 g/mol. The summed E-state index contributed by atoms with van der Waals surface area (Å²) >= 11 is 0. The summed E-state index contributed by atoms with van der Waals surface area (Å²) in [6.07, 6.45) is 1.77. The summed E-state index contributed by atoms with van der Waals surface area (Å²) in [6.45, 7) is 2.53. The first kappa shape index (κ1) is 16.4. The Balaban J connectivity index is 1.55. The summed E-state index contributed by atoms with van der Waals surface area (Å²) in [6, 6.07) is 10.8. The third-order valence-corrected chi connectivity index (χ3v) is 4.59. The Morgan fingerprint density at radius 1 is 1.19 bits per heavy atom. The van der Waals surface area contributed by atoms with Crippen LogP contribution in [0.25, 0.3) is 11.3 Å². The van der Waals surface area contributed by atoms with Crippen LogP contribution in [0, 0.1) is 6.92 Å². The maximum atomic E-state index is 12.9. The molecule has 0 bridgehead atoms. The lowest BCUT2D eigenvalue weighted by Gasteiger charge is -2.21. The number of aromatic nitrogens is 2. The molecule has 3 heterocycles. The first-order valence-corrected chi connectivity index (χ1v) is 8.51. The van der Waals surface area contributed by atoms with E-state index in [4.69, 9.17) is 13.8 Å². The number of benzene rings is 1. The number of amides is 1. The largest absolute Gasteiger partial charge is 0.497 e. The molecule has 0 radical (unpaired) electrons. The SMILES string of the molecule is COc1ccc(-c2cc(C(=O)N3CCC[C@H]3c3cc(C)no3)no2)cc1. The van der Waals surface area contributed by atoms with Crippen LogP contribution in [-0.4, -0.2) is 34.8 Å². The van der Waals surface area contributed by atoms with E-state index in [0.717, 1.165) is 29.8 Å². The summed E-state index contributed by atoms with van der Waals surface area (Å²) < 4.78 is 15.9. The molecule has 1 aliphatic rings. The quantitative estimate of drug-likeness (QED) is 0.712. The van der Waals surface area contributed by atoms with Crippen molar-refractivity contribution < 1.29 is 18.6 Å². The molecule has 0 aliphatic carbocycles. The topological polar surface area (TPSA) is 81.6 Å². The van der Waals surface area contributed by atoms with Crippen molar-refractivity contribution in [3.05, 3.63) is 53.5 Å². The van der Waals surface area contributed by atoms with E-state index in [1.54, 1.807) is 18.1 Å². The number of rotatable bonds is 4. The lowest BCUT2D eigenvalue weighted by Crippen LogP contribution is -2.30. The van der Waals surface area contributed by atoms with Gasteiger partial charge in [0.1, 0.15) is 5.75 Å². The van der Waals surface area contributed by atoms with Gasteiger partial charge in [0.25, 0.3) is 5.91 Å². The minimum Gasteiger partial charge on any atom is -0.497 e. The van der Waals surface area contributed by atoms with Gasteiger partial charge in [-0.05, 0) is 44.0 Å². The van der Waals surface area contributed by atoms with Gasteiger partial charge in [-0.3, -0.25) is 4.79 Å². The van der Waals surface area contributed by atoms with Crippen LogP contribution in [0.2, 0.25) is 0 Å². The number of carbonyl (C=O) groups is 1. The van der Waals surface area contributed by atoms with Crippen molar-refractivity contribution in [3.63, 3.8) is 0 Å². The van der Waals surface area contributed by atoms with Gasteiger partial charge in [-0.2, -0.15) is 0 Å². The lowest BCUT2D eigenvalue weighted by atomic mass is 10.1. The predicted octanol–water partition coefficient (Wildman–Crippen LogP) is 3.62. The van der Waals surface area contributed by atoms with Gasteiger partial charge >= 0.3 is 0 Å². The van der Waals surface area contributed by atoms with Crippen molar-refractivity contribution in [1.82, 2.24) is 15.2 Å². The van der Waals surface area contributed by atoms with Crippen LogP contribution < -0.4 is 4.74 Å². The second-order valence-electron chi connectivity index (χ2n) is 6.33. The monoisotopic (exact) mass is 353 g/mol. The fourth-order valence-electron chi connectivity index (χ4n) is 3.26. The molecule has 1 fully saturated rings. The molecule has 134 valence electrons. The van der Waals surface area contributed by atoms with E-state index in [2.05, 4.69) is 10.3 Å². The molecule has 1 amide bonds. The second-order valence-corrected chi connectivity index (χ2v) is 6.33. The Morgan fingerprint density at radius 3 is 2.69 bits per heavy atom. The number of nitrogens with zero attached hydrogens (tertiary/aromatic N) is 3. The van der Waals surface area contributed by atoms with E-state index in [1.165, 1.54) is 0 Å². The van der Waals surface area contributed by atoms with Gasteiger partial charge in [-0.15, -0.1) is 0 Å². The first-order chi connectivity index (χ1) is 12.7. The molecule has 3 aromatic rings. The van der Waals surface area contributed by atoms with Gasteiger partial charge in [0.2, 0.25) is 0 Å². The minimum atomic E-state index is -0.162. The Labute approximate surface area is 150 Å². The van der Waals surface area contributed by atoms with E-state index in [-0.39, 0.29) is 11.9 Å². The molecule has 26 heavy (non-hydrogen) atoms. The fourth-order valence-corrected chi connectivity index (χ4v) is 3.26. The maximum Gasteiger partial charge on any atom is 0.276 e. The molecule has 0 saturated carbocycles. The highest BCUT2D eigenvalue weighted by Crippen LogP contribution is 2.34. The number of aryl methyl sites for hydroxylation is 1. The van der Waals surface area contributed by atoms with Crippen molar-refractivity contribution in [2.45, 2.75) is 25.8 Å². The minimum absolute atomic E-state index is 0.107. The van der Waals surface area contributed by atoms with Crippen LogP contribution >= 0.6 is 0 Å². The highest BCUT2D eigenvalue weighted by atomic mass is 16.5. The zero-order chi connectivity index (χ0) is 18.1. The molecule has 0 N–H and O–H groups in total. The molecule has 1 saturated heterocycles. The second kappa shape index (κ2) is 6.67. The number of hydrogen-bond donors (Lipinski definition) is 0. The van der Waals surface area contributed by atoms with Crippen LogP contribution in [0.4, 0.5) is 0 Å². The van der Waals surface area contributed by atoms with E-state index < -0.39 is 0 Å². The molecule has 1 atom stereocenters. The molecule has 2 aromatic heterocycles. The number of hydrogen-bond acceptors (Lipinski definition) is 6. The van der Waals surface area contributed by atoms with Crippen LogP contribution in [-0.2, 0) is 0 Å². The number of methoxy groups -OCH3 is 1. The number of ether oxygens (including phenoxy) is 1. The Kier molecular flexibility index (Phi) is 4.20. The highest BCUT2D eigenvalue weighted by molar-refractivity contribution is 5.93. The maximum absolute atomic E-state index is 12.9. The Morgan fingerprint density at radius 2 is 2.00 bits per heavy atom. The zero-order valence-corrected chi connectivity index (χ0v) is 14.6. The smallest absolute Gasteiger partial charge is 0.276 e. The van der Waals surface area contributed by atoms with Gasteiger partial charge in [0.05, 0.1) is 18.8 Å². The van der Waals surface area contributed by atoms with E-state index >= 15 is 0 Å². The number of carbonyl (C=O) groups excluding carboxylic acids is 1. The Hall–Kier alpha value is -3.09. The highest BCUT2D eigenvalue weighted by Gasteiger charge is 2.34. The summed E-state index contributed by atoms with van der Waals surface area (Å²) in [5, 5.41) is 7.90. The van der Waals surface area contributed by atoms with Crippen molar-refractivity contribution in [3.8, 4) is 17.1 Å². The normalized spacial score (nSPS) is 16.8. The fraction of sp³-hybridized carbons (Fsp3) is 0.316. The molecule has 1 aromatic carbocycles. The van der Waals surface area contributed by atoms with Gasteiger partial charge in [-0.1, -0.05) is 10.3 Å². The van der Waals surface area contributed by atoms with Gasteiger partial charge in [-0.25, -0.2) is 0 Å². The summed E-state index contributed by atoms with van der Waals surface area (Å²) in [5.41, 5.74) is 1.93. The van der Waals surface area contributed by atoms with Gasteiger partial charge in [0, 0.05) is 24.2 Å². The third kappa shape index (κ3) is 2.96. The summed E-state index contributed by atoms with van der Waals surface area (Å²) in [5.74, 6) is 1.85. The van der Waals surface area contributed by atoms with Gasteiger partial charge in [0.15, 0.2) is 17.2 Å². The van der Waals surface area contributed by atoms with Crippen molar-refractivity contribution in [1.29, 1.82) is 0 Å². The molecular formula is C19H19N3O4. The van der Waals surface area contributed by atoms with Crippen LogP contribution in [0.5, 0.6) is 5.75 Å². The predicted molar refractivity (Wildman–Crippen MR) is 92.7 cm³/mol. The summed E-state index contributed by atoms with van der Waals surface area (Å²) in [7, 11) is 1.61. The average Bonchev–Trinajstić information content (AvgIpc) is 3.41. The van der Waals surface area contributed by atoms with E-state index in [1.807, 2.05) is 37.3 Å². The molecular weight excluding hydrogens is 334 g/mol. The van der Waals surface area contributed by atoms with Crippen molar-refractivity contribution in [2.75, 3.05) is 13.7 Å². The zero-order valence-electron chi connectivity index (χ0n) is 14.6. The molecule has 4 rings (SSSR count). The molecule has 0 unspecified atom stereocenters. The lowest BCUT2D eigenvalue weighted by molar-refractivity contribution is 0.0704. The standard InChI is InChI=1S/C19H19N3O4/c1-12-10-18(26-20-12)16-4-3-9-22(16)19(23)15-11-17(25-21-15)13-5-7-14(24-2)8-6-13/h5-8,10-11,16H,3-4,9H2,1-2H3/t16-/m0/s1. The number of likely N-dealkylation sites (tertiary alicyclic amines) is 1. The van der Waals surface area contributed by atoms with E-state index in [9.17, 15) is 4.79 Å². The molecule has 7 heteroatoms. The van der Waals surface area contributed by atoms with Crippen molar-refractivity contribution in [2.24, 2.45) is 0 Å². The van der Waals surface area contributed by atoms with Gasteiger partial charge < -0.3 is 18.7 Å². The molecule has 0 spiro atoms. The molecule has 1 aliphatic heterocycles. The van der Waals surface area contributed by atoms with Crippen LogP contribution in [0.15, 0.2) is 45.4 Å². The first-order valence-electron chi connectivity index (χ1n) is 8.51. The van der Waals surface area contributed by atoms with Crippen molar-refractivity contribution >= 4 is 5.91 Å². The Bertz CT molecular complexity index is 913. The molecule has 7 nitrogen and oxygen atoms in total. The summed E-state index contributed by atoms with van der Waals surface area (Å²) in [4.78, 5) is 14.7. The van der Waals surface area contributed by atoms with Crippen LogP contribution in [0.3, 0.4) is 0 Å².